The number of fused-ring (bicyclic) bond motifs is 13. The summed E-state index contributed by atoms with van der Waals surface area (Å²) < 4.78 is 7.03. The van der Waals surface area contributed by atoms with Gasteiger partial charge in [-0.2, -0.15) is 0 Å². The summed E-state index contributed by atoms with van der Waals surface area (Å²) in [6.45, 7) is 0. The van der Waals surface area contributed by atoms with Crippen LogP contribution in [-0.2, 0) is 5.41 Å². The molecule has 0 amide bonds. The van der Waals surface area contributed by atoms with Gasteiger partial charge in [0.25, 0.3) is 0 Å². The highest BCUT2D eigenvalue weighted by molar-refractivity contribution is 6.06. The minimum absolute atomic E-state index is 0.589. The Morgan fingerprint density at radius 3 is 1.63 bits per heavy atom. The lowest BCUT2D eigenvalue weighted by Gasteiger charge is -2.30. The Morgan fingerprint density at radius 1 is 0.351 bits per heavy atom. The van der Waals surface area contributed by atoms with E-state index in [0.717, 1.165) is 33.8 Å². The first kappa shape index (κ1) is 31.9. The lowest BCUT2D eigenvalue weighted by Crippen LogP contribution is -2.26. The minimum atomic E-state index is -0.589. The van der Waals surface area contributed by atoms with Gasteiger partial charge < -0.3 is 9.32 Å². The van der Waals surface area contributed by atoms with Crippen molar-refractivity contribution in [3.05, 3.63) is 235 Å². The highest BCUT2D eigenvalue weighted by Gasteiger charge is 2.55. The second kappa shape index (κ2) is 12.3. The van der Waals surface area contributed by atoms with Crippen LogP contribution in [0.2, 0.25) is 0 Å². The summed E-state index contributed by atoms with van der Waals surface area (Å²) in [5.74, 6) is 1.02. The fraction of sp³-hybridized carbons (Fsp3) is 0.0182. The standard InChI is InChI=1S/C55H35NO/c1-2-16-39(17-3-1)56(40-32-28-37(29-33-40)43-22-12-15-36-14-4-5-18-42(36)43)41-34-30-38(31-35-41)44-23-13-24-46-45-19-6-9-25-49(45)55(53(44)46)50-26-10-7-20-47(50)52-48-21-8-11-27-51(48)57-54(52)55/h1-35H. The van der Waals surface area contributed by atoms with Crippen LogP contribution in [0, 0.1) is 0 Å². The second-order valence-electron chi connectivity index (χ2n) is 15.2. The smallest absolute Gasteiger partial charge is 0.135 e. The fourth-order valence-corrected chi connectivity index (χ4v) is 9.93. The van der Waals surface area contributed by atoms with E-state index >= 15 is 0 Å². The molecule has 0 saturated carbocycles. The molecule has 1 atom stereocenters. The molecule has 57 heavy (non-hydrogen) atoms. The zero-order chi connectivity index (χ0) is 37.5. The largest absolute Gasteiger partial charge is 0.459 e. The summed E-state index contributed by atoms with van der Waals surface area (Å²) >= 11 is 0. The zero-order valence-corrected chi connectivity index (χ0v) is 31.1. The van der Waals surface area contributed by atoms with Crippen LogP contribution < -0.4 is 4.90 Å². The molecule has 0 N–H and O–H groups in total. The molecule has 0 fully saturated rings. The SMILES string of the molecule is c1ccc(N(c2ccc(-c3cccc4c3C3(c5ccccc5-4)c4ccccc4-c4c3oc3ccccc43)cc2)c2ccc(-c3cccc4ccccc34)cc2)cc1. The molecule has 1 aromatic heterocycles. The van der Waals surface area contributed by atoms with E-state index < -0.39 is 5.41 Å². The molecule has 0 bridgehead atoms. The molecule has 0 radical (unpaired) electrons. The van der Waals surface area contributed by atoms with Crippen LogP contribution in [0.1, 0.15) is 22.5 Å². The van der Waals surface area contributed by atoms with E-state index in [1.165, 1.54) is 72.0 Å². The Hall–Kier alpha value is -7.42. The molecule has 2 aliphatic carbocycles. The van der Waals surface area contributed by atoms with E-state index in [9.17, 15) is 0 Å². The average molecular weight is 726 g/mol. The number of para-hydroxylation sites is 2. The van der Waals surface area contributed by atoms with Crippen molar-refractivity contribution >= 4 is 38.8 Å². The predicted octanol–water partition coefficient (Wildman–Crippen LogP) is 14.7. The van der Waals surface area contributed by atoms with Gasteiger partial charge >= 0.3 is 0 Å². The molecule has 2 aliphatic rings. The number of rotatable bonds is 5. The van der Waals surface area contributed by atoms with E-state index in [0.29, 0.717) is 0 Å². The van der Waals surface area contributed by atoms with Gasteiger partial charge in [0.1, 0.15) is 16.8 Å². The fourth-order valence-electron chi connectivity index (χ4n) is 9.93. The number of hydrogen-bond acceptors (Lipinski definition) is 2. The number of anilines is 3. The van der Waals surface area contributed by atoms with Gasteiger partial charge in [-0.3, -0.25) is 0 Å². The van der Waals surface area contributed by atoms with Crippen LogP contribution in [0.4, 0.5) is 17.1 Å². The van der Waals surface area contributed by atoms with Crippen LogP contribution in [0.25, 0.3) is 66.2 Å². The molecule has 266 valence electrons. The molecule has 0 saturated heterocycles. The zero-order valence-electron chi connectivity index (χ0n) is 31.1. The maximum absolute atomic E-state index is 7.03. The summed E-state index contributed by atoms with van der Waals surface area (Å²) in [5.41, 5.74) is 17.3. The summed E-state index contributed by atoms with van der Waals surface area (Å²) in [6.07, 6.45) is 0. The van der Waals surface area contributed by atoms with Crippen molar-refractivity contribution in [2.24, 2.45) is 0 Å². The van der Waals surface area contributed by atoms with E-state index in [4.69, 9.17) is 4.42 Å². The Bertz CT molecular complexity index is 3170. The first-order valence-corrected chi connectivity index (χ1v) is 19.7. The number of benzene rings is 9. The van der Waals surface area contributed by atoms with E-state index in [2.05, 4.69) is 217 Å². The molecule has 10 aromatic rings. The van der Waals surface area contributed by atoms with Crippen molar-refractivity contribution in [2.45, 2.75) is 5.41 Å². The van der Waals surface area contributed by atoms with Crippen LogP contribution in [0.15, 0.2) is 217 Å². The summed E-state index contributed by atoms with van der Waals surface area (Å²) in [6, 6.07) is 77.1. The quantitative estimate of drug-likeness (QED) is 0.176. The van der Waals surface area contributed by atoms with Crippen molar-refractivity contribution in [3.63, 3.8) is 0 Å². The third-order valence-electron chi connectivity index (χ3n) is 12.3. The minimum Gasteiger partial charge on any atom is -0.459 e. The van der Waals surface area contributed by atoms with Crippen molar-refractivity contribution < 1.29 is 4.42 Å². The predicted molar refractivity (Wildman–Crippen MR) is 236 cm³/mol. The van der Waals surface area contributed by atoms with Gasteiger partial charge in [-0.1, -0.05) is 170 Å². The molecular weight excluding hydrogens is 691 g/mol. The maximum atomic E-state index is 7.03. The van der Waals surface area contributed by atoms with Gasteiger partial charge in [0.05, 0.1) is 0 Å². The highest BCUT2D eigenvalue weighted by atomic mass is 16.3. The number of nitrogens with zero attached hydrogens (tertiary/aromatic N) is 1. The summed E-state index contributed by atoms with van der Waals surface area (Å²) in [4.78, 5) is 2.34. The molecule has 1 spiro atoms. The van der Waals surface area contributed by atoms with Gasteiger partial charge in [-0.05, 0) is 109 Å². The maximum Gasteiger partial charge on any atom is 0.135 e. The van der Waals surface area contributed by atoms with Crippen molar-refractivity contribution in [2.75, 3.05) is 4.90 Å². The molecule has 2 heteroatoms. The monoisotopic (exact) mass is 725 g/mol. The molecule has 1 unspecified atom stereocenters. The molecule has 1 heterocycles. The first-order chi connectivity index (χ1) is 28.3. The summed E-state index contributed by atoms with van der Waals surface area (Å²) in [5, 5.41) is 3.67. The molecule has 0 aliphatic heterocycles. The molecule has 2 nitrogen and oxygen atoms in total. The Morgan fingerprint density at radius 2 is 0.860 bits per heavy atom. The first-order valence-electron chi connectivity index (χ1n) is 19.7. The van der Waals surface area contributed by atoms with Gasteiger partial charge in [0.2, 0.25) is 0 Å². The molecule has 9 aromatic carbocycles. The normalized spacial score (nSPS) is 14.7. The Kier molecular flexibility index (Phi) is 6.88. The van der Waals surface area contributed by atoms with Gasteiger partial charge in [-0.25, -0.2) is 0 Å². The number of hydrogen-bond donors (Lipinski definition) is 0. The third kappa shape index (κ3) is 4.53. The van der Waals surface area contributed by atoms with Gasteiger partial charge in [0.15, 0.2) is 0 Å². The molecule has 12 rings (SSSR count). The Labute approximate surface area is 331 Å². The lowest BCUT2D eigenvalue weighted by molar-refractivity contribution is 0.507. The highest BCUT2D eigenvalue weighted by Crippen LogP contribution is 2.66. The average Bonchev–Trinajstić information content (AvgIpc) is 3.91. The van der Waals surface area contributed by atoms with E-state index in [1.807, 2.05) is 0 Å². The Balaban J connectivity index is 1.01. The van der Waals surface area contributed by atoms with Crippen LogP contribution in [0.3, 0.4) is 0 Å². The summed E-state index contributed by atoms with van der Waals surface area (Å²) in [7, 11) is 0. The van der Waals surface area contributed by atoms with E-state index in [1.54, 1.807) is 0 Å². The van der Waals surface area contributed by atoms with Crippen molar-refractivity contribution in [1.82, 2.24) is 0 Å². The lowest BCUT2D eigenvalue weighted by atomic mass is 9.71. The number of furan rings is 1. The van der Waals surface area contributed by atoms with Gasteiger partial charge in [-0.15, -0.1) is 0 Å². The van der Waals surface area contributed by atoms with Crippen LogP contribution in [-0.4, -0.2) is 0 Å². The van der Waals surface area contributed by atoms with Crippen molar-refractivity contribution in [1.29, 1.82) is 0 Å². The topological polar surface area (TPSA) is 16.4 Å². The van der Waals surface area contributed by atoms with E-state index in [-0.39, 0.29) is 0 Å². The third-order valence-corrected chi connectivity index (χ3v) is 12.3. The van der Waals surface area contributed by atoms with Crippen molar-refractivity contribution in [3.8, 4) is 44.5 Å². The molecular formula is C55H35NO. The van der Waals surface area contributed by atoms with Crippen LogP contribution in [0.5, 0.6) is 0 Å². The van der Waals surface area contributed by atoms with Gasteiger partial charge in [0, 0.05) is 28.0 Å². The second-order valence-corrected chi connectivity index (χ2v) is 15.2. The van der Waals surface area contributed by atoms with Crippen LogP contribution >= 0.6 is 0 Å².